The lowest BCUT2D eigenvalue weighted by molar-refractivity contribution is 0.0566. The van der Waals surface area contributed by atoms with Crippen molar-refractivity contribution in [2.45, 2.75) is 25.5 Å². The van der Waals surface area contributed by atoms with Gasteiger partial charge in [0.15, 0.2) is 0 Å². The van der Waals surface area contributed by atoms with Gasteiger partial charge in [0.05, 0.1) is 24.0 Å². The second-order valence-electron chi connectivity index (χ2n) is 4.42. The molecule has 2 rings (SSSR count). The normalized spacial score (nSPS) is 23.9. The summed E-state index contributed by atoms with van der Waals surface area (Å²) in [7, 11) is 3.50. The van der Waals surface area contributed by atoms with Gasteiger partial charge in [0.1, 0.15) is 5.69 Å². The third-order valence-electron chi connectivity index (χ3n) is 3.32. The Morgan fingerprint density at radius 1 is 1.71 bits per heavy atom. The number of ether oxygens (including phenoxy) is 1. The van der Waals surface area contributed by atoms with Crippen LogP contribution in [0.25, 0.3) is 0 Å². The molecule has 1 amide bonds. The van der Waals surface area contributed by atoms with Crippen LogP contribution in [0, 0.1) is 0 Å². The Bertz CT molecular complexity index is 410. The first kappa shape index (κ1) is 11.9. The second kappa shape index (κ2) is 4.37. The highest BCUT2D eigenvalue weighted by molar-refractivity contribution is 5.97. The number of nitrogens with two attached hydrogens (primary N) is 1. The molecular weight excluding hydrogens is 220 g/mol. The van der Waals surface area contributed by atoms with E-state index in [1.807, 2.05) is 6.92 Å². The number of anilines is 1. The molecule has 17 heavy (non-hydrogen) atoms. The minimum Gasteiger partial charge on any atom is -0.396 e. The summed E-state index contributed by atoms with van der Waals surface area (Å²) in [5, 5.41) is 3.98. The van der Waals surface area contributed by atoms with Crippen LogP contribution in [0.2, 0.25) is 0 Å². The van der Waals surface area contributed by atoms with Gasteiger partial charge in [-0.05, 0) is 13.3 Å². The molecule has 0 radical (unpaired) electrons. The van der Waals surface area contributed by atoms with Crippen LogP contribution in [-0.2, 0) is 11.8 Å². The van der Waals surface area contributed by atoms with Gasteiger partial charge in [-0.3, -0.25) is 9.48 Å². The van der Waals surface area contributed by atoms with Crippen LogP contribution < -0.4 is 5.73 Å². The maximum absolute atomic E-state index is 12.3. The van der Waals surface area contributed by atoms with Crippen LogP contribution in [-0.4, -0.2) is 46.4 Å². The van der Waals surface area contributed by atoms with Crippen LogP contribution in [0.15, 0.2) is 6.20 Å². The van der Waals surface area contributed by atoms with Crippen LogP contribution in [0.1, 0.15) is 23.8 Å². The zero-order chi connectivity index (χ0) is 12.6. The number of aryl methyl sites for hydroxylation is 1. The van der Waals surface area contributed by atoms with Crippen molar-refractivity contribution in [3.05, 3.63) is 11.9 Å². The number of likely N-dealkylation sites (N-methyl/N-ethyl adjacent to an activating group) is 1. The Kier molecular flexibility index (Phi) is 3.06. The molecule has 0 saturated carbocycles. The van der Waals surface area contributed by atoms with Gasteiger partial charge < -0.3 is 15.4 Å². The summed E-state index contributed by atoms with van der Waals surface area (Å²) in [4.78, 5) is 14.0. The highest BCUT2D eigenvalue weighted by Gasteiger charge is 2.32. The van der Waals surface area contributed by atoms with Crippen LogP contribution in [0.4, 0.5) is 5.69 Å². The van der Waals surface area contributed by atoms with E-state index in [1.165, 1.54) is 10.9 Å². The first-order valence-corrected chi connectivity index (χ1v) is 5.68. The number of hydrogen-bond donors (Lipinski definition) is 1. The van der Waals surface area contributed by atoms with Crippen LogP contribution in [0.3, 0.4) is 0 Å². The summed E-state index contributed by atoms with van der Waals surface area (Å²) in [6, 6.07) is 0.108. The van der Waals surface area contributed by atoms with Crippen molar-refractivity contribution in [1.82, 2.24) is 14.7 Å². The molecule has 1 aliphatic rings. The molecule has 2 unspecified atom stereocenters. The van der Waals surface area contributed by atoms with E-state index in [4.69, 9.17) is 10.5 Å². The SMILES string of the molecule is CC1OCCC1N(C)C(=O)c1c(N)cnn1C. The summed E-state index contributed by atoms with van der Waals surface area (Å²) in [6.45, 7) is 2.68. The predicted molar refractivity (Wildman–Crippen MR) is 63.5 cm³/mol. The van der Waals surface area contributed by atoms with Gasteiger partial charge >= 0.3 is 0 Å². The molecule has 1 aromatic heterocycles. The number of rotatable bonds is 2. The molecule has 2 atom stereocenters. The molecule has 0 aliphatic carbocycles. The van der Waals surface area contributed by atoms with Crippen molar-refractivity contribution in [3.63, 3.8) is 0 Å². The van der Waals surface area contributed by atoms with Gasteiger partial charge in [0, 0.05) is 20.7 Å². The third-order valence-corrected chi connectivity index (χ3v) is 3.32. The quantitative estimate of drug-likeness (QED) is 0.801. The number of nitrogen functional groups attached to an aromatic ring is 1. The van der Waals surface area contributed by atoms with E-state index < -0.39 is 0 Å². The van der Waals surface area contributed by atoms with E-state index in [2.05, 4.69) is 5.10 Å². The Hall–Kier alpha value is -1.56. The Balaban J connectivity index is 2.20. The third kappa shape index (κ3) is 2.00. The van der Waals surface area contributed by atoms with Gasteiger partial charge in [0.2, 0.25) is 0 Å². The summed E-state index contributed by atoms with van der Waals surface area (Å²) in [5.74, 6) is -0.107. The van der Waals surface area contributed by atoms with Gasteiger partial charge in [0.25, 0.3) is 5.91 Å². The highest BCUT2D eigenvalue weighted by atomic mass is 16.5. The number of nitrogens with zero attached hydrogens (tertiary/aromatic N) is 3. The van der Waals surface area contributed by atoms with E-state index >= 15 is 0 Å². The van der Waals surface area contributed by atoms with E-state index in [1.54, 1.807) is 19.0 Å². The first-order valence-electron chi connectivity index (χ1n) is 5.68. The molecule has 1 saturated heterocycles. The first-order chi connectivity index (χ1) is 8.02. The molecule has 6 nitrogen and oxygen atoms in total. The molecule has 6 heteroatoms. The maximum atomic E-state index is 12.3. The molecule has 0 bridgehead atoms. The van der Waals surface area contributed by atoms with Crippen molar-refractivity contribution in [2.75, 3.05) is 19.4 Å². The van der Waals surface area contributed by atoms with Gasteiger partial charge in [-0.1, -0.05) is 0 Å². The predicted octanol–water partition coefficient (Wildman–Crippen LogP) is 0.252. The molecular formula is C11H18N4O2. The fourth-order valence-electron chi connectivity index (χ4n) is 2.26. The van der Waals surface area contributed by atoms with Crippen LogP contribution >= 0.6 is 0 Å². The van der Waals surface area contributed by atoms with Crippen molar-refractivity contribution < 1.29 is 9.53 Å². The number of hydrogen-bond acceptors (Lipinski definition) is 4. The van der Waals surface area contributed by atoms with Crippen molar-refractivity contribution >= 4 is 11.6 Å². The Morgan fingerprint density at radius 2 is 2.41 bits per heavy atom. The average Bonchev–Trinajstić information content (AvgIpc) is 2.84. The summed E-state index contributed by atoms with van der Waals surface area (Å²) in [5.41, 5.74) is 6.60. The summed E-state index contributed by atoms with van der Waals surface area (Å²) < 4.78 is 6.98. The lowest BCUT2D eigenvalue weighted by Crippen LogP contribution is -2.41. The van der Waals surface area contributed by atoms with Crippen LogP contribution in [0.5, 0.6) is 0 Å². The minimum atomic E-state index is -0.107. The summed E-state index contributed by atoms with van der Waals surface area (Å²) >= 11 is 0. The Morgan fingerprint density at radius 3 is 2.88 bits per heavy atom. The molecule has 1 fully saturated rings. The maximum Gasteiger partial charge on any atom is 0.274 e. The zero-order valence-electron chi connectivity index (χ0n) is 10.4. The lowest BCUT2D eigenvalue weighted by Gasteiger charge is -2.26. The van der Waals surface area contributed by atoms with Crippen molar-refractivity contribution in [2.24, 2.45) is 7.05 Å². The molecule has 2 heterocycles. The van der Waals surface area contributed by atoms with Gasteiger partial charge in [-0.25, -0.2) is 0 Å². The molecule has 1 aliphatic heterocycles. The van der Waals surface area contributed by atoms with E-state index in [0.29, 0.717) is 18.0 Å². The zero-order valence-corrected chi connectivity index (χ0v) is 10.4. The second-order valence-corrected chi connectivity index (χ2v) is 4.42. The smallest absolute Gasteiger partial charge is 0.274 e. The van der Waals surface area contributed by atoms with E-state index in [-0.39, 0.29) is 18.1 Å². The minimum absolute atomic E-state index is 0.0680. The molecule has 2 N–H and O–H groups in total. The molecule has 0 spiro atoms. The average molecular weight is 238 g/mol. The van der Waals surface area contributed by atoms with Gasteiger partial charge in [-0.2, -0.15) is 5.10 Å². The van der Waals surface area contributed by atoms with Gasteiger partial charge in [-0.15, -0.1) is 0 Å². The Labute approximate surface area is 100 Å². The summed E-state index contributed by atoms with van der Waals surface area (Å²) in [6.07, 6.45) is 2.43. The van der Waals surface area contributed by atoms with E-state index in [9.17, 15) is 4.79 Å². The molecule has 0 aromatic carbocycles. The van der Waals surface area contributed by atoms with Crippen molar-refractivity contribution in [3.8, 4) is 0 Å². The van der Waals surface area contributed by atoms with Crippen molar-refractivity contribution in [1.29, 1.82) is 0 Å². The molecule has 1 aromatic rings. The number of aromatic nitrogens is 2. The fraction of sp³-hybridized carbons (Fsp3) is 0.636. The standard InChI is InChI=1S/C11H18N4O2/c1-7-9(4-5-17-7)14(2)11(16)10-8(12)6-13-15(10)3/h6-7,9H,4-5,12H2,1-3H3. The monoisotopic (exact) mass is 238 g/mol. The topological polar surface area (TPSA) is 73.4 Å². The number of carbonyl (C=O) groups excluding carboxylic acids is 1. The lowest BCUT2D eigenvalue weighted by atomic mass is 10.1. The number of carbonyl (C=O) groups is 1. The molecule has 94 valence electrons. The largest absolute Gasteiger partial charge is 0.396 e. The fourth-order valence-corrected chi connectivity index (χ4v) is 2.26. The number of amides is 1. The highest BCUT2D eigenvalue weighted by Crippen LogP contribution is 2.21. The van der Waals surface area contributed by atoms with E-state index in [0.717, 1.165) is 6.42 Å².